The van der Waals surface area contributed by atoms with Crippen LogP contribution in [0.25, 0.3) is 21.0 Å². The van der Waals surface area contributed by atoms with E-state index in [1.807, 2.05) is 25.1 Å². The number of fused-ring (bicyclic) bond motifs is 5. The summed E-state index contributed by atoms with van der Waals surface area (Å²) in [6, 6.07) is 4.25. The predicted octanol–water partition coefficient (Wildman–Crippen LogP) is 1.05. The van der Waals surface area contributed by atoms with Crippen LogP contribution in [0.4, 0.5) is 5.69 Å². The Bertz CT molecular complexity index is 1990. The number of thiophene rings is 1. The lowest BCUT2D eigenvalue weighted by molar-refractivity contribution is -0.139. The molecule has 1 aromatic carbocycles. The van der Waals surface area contributed by atoms with E-state index in [0.29, 0.717) is 34.8 Å². The molecule has 0 radical (unpaired) electrons. The van der Waals surface area contributed by atoms with E-state index in [1.54, 1.807) is 6.07 Å². The second kappa shape index (κ2) is 17.4. The molecular weight excluding hydrogens is 721 g/mol. The third-order valence-electron chi connectivity index (χ3n) is 7.69. The molecule has 9 N–H and O–H groups in total. The molecule has 0 aliphatic carbocycles. The van der Waals surface area contributed by atoms with E-state index in [9.17, 15) is 29.1 Å². The molecule has 0 spiro atoms. The molecule has 4 heterocycles. The minimum atomic E-state index is -1.29. The number of thioether (sulfide) groups is 1. The topological polar surface area (TPSA) is 277 Å². The van der Waals surface area contributed by atoms with E-state index in [2.05, 4.69) is 31.2 Å². The number of aliphatic hydroxyl groups excluding tert-OH is 1. The number of aliphatic hydroxyl groups is 1. The van der Waals surface area contributed by atoms with E-state index < -0.39 is 48.4 Å². The van der Waals surface area contributed by atoms with Gasteiger partial charge in [0.15, 0.2) is 5.16 Å². The quantitative estimate of drug-likeness (QED) is 0.0552. The van der Waals surface area contributed by atoms with Crippen molar-refractivity contribution in [3.8, 4) is 11.8 Å². The van der Waals surface area contributed by atoms with Gasteiger partial charge in [0.25, 0.3) is 5.91 Å². The number of carbonyl (C=O) groups is 5. The molecule has 3 amide bonds. The SMILES string of the molecule is CCOCc1cnc(SC[C@H](NC(=O)CC[C@H](N)C(=O)O)C(=O)NCC(=O)O)nc1Oc1ccc2c(ccc3sc4c(c32)NC[C@@H](CO)NC4=O)n1. The van der Waals surface area contributed by atoms with Crippen molar-refractivity contribution in [1.82, 2.24) is 30.9 Å². The Balaban J connectivity index is 1.37. The van der Waals surface area contributed by atoms with Crippen LogP contribution in [0.1, 0.15) is 35.0 Å². The summed E-state index contributed by atoms with van der Waals surface area (Å²) in [5.41, 5.74) is 7.23. The van der Waals surface area contributed by atoms with Crippen molar-refractivity contribution in [2.45, 2.75) is 49.7 Å². The molecule has 0 unspecified atom stereocenters. The minimum Gasteiger partial charge on any atom is -0.480 e. The summed E-state index contributed by atoms with van der Waals surface area (Å²) in [5, 5.41) is 40.2. The number of benzene rings is 1. The van der Waals surface area contributed by atoms with E-state index in [0.717, 1.165) is 27.2 Å². The van der Waals surface area contributed by atoms with E-state index in [4.69, 9.17) is 30.4 Å². The number of ether oxygens (including phenoxy) is 2. The Hall–Kier alpha value is -5.15. The summed E-state index contributed by atoms with van der Waals surface area (Å²) in [5.74, 6) is -4.07. The van der Waals surface area contributed by atoms with Gasteiger partial charge in [0.2, 0.25) is 23.6 Å². The van der Waals surface area contributed by atoms with Gasteiger partial charge in [-0.1, -0.05) is 11.8 Å². The highest BCUT2D eigenvalue weighted by molar-refractivity contribution is 7.99. The monoisotopic (exact) mass is 756 g/mol. The maximum absolute atomic E-state index is 12.9. The Morgan fingerprint density at radius 1 is 1.17 bits per heavy atom. The molecule has 20 heteroatoms. The zero-order valence-corrected chi connectivity index (χ0v) is 29.3. The molecule has 1 aliphatic rings. The third kappa shape index (κ3) is 9.39. The maximum atomic E-state index is 12.9. The Kier molecular flexibility index (Phi) is 12.7. The van der Waals surface area contributed by atoms with Gasteiger partial charge in [-0.05, 0) is 31.5 Å². The van der Waals surface area contributed by atoms with Gasteiger partial charge < -0.3 is 51.8 Å². The van der Waals surface area contributed by atoms with Crippen LogP contribution >= 0.6 is 23.1 Å². The number of carboxylic acids is 2. The average Bonchev–Trinajstić information content (AvgIpc) is 3.43. The number of aromatic nitrogens is 3. The standard InChI is InChI=1S/C32H36N8O10S2/c1-2-49-13-15-9-36-32(51-14-20(28(45)35-11-24(43)44)38-22(42)7-4-18(33)31(47)48)40-30(15)50-23-8-3-17-19(39-23)5-6-21-25(17)26-27(52-21)29(46)37-16(12-41)10-34-26/h3,5-6,8-9,16,18,20,34,41H,2,4,7,10-14,33H2,1H3,(H,35,45)(H,37,46)(H,38,42)(H,43,44)(H,47,48)/t16-,18-,20-/m0/s1. The first kappa shape index (κ1) is 38.1. The number of carboxylic acid groups (broad SMARTS) is 2. The fourth-order valence-corrected chi connectivity index (χ4v) is 6.98. The molecule has 0 bridgehead atoms. The van der Waals surface area contributed by atoms with Crippen LogP contribution in [0.5, 0.6) is 11.8 Å². The third-order valence-corrected chi connectivity index (χ3v) is 9.80. The highest BCUT2D eigenvalue weighted by atomic mass is 32.2. The number of nitrogens with two attached hydrogens (primary N) is 1. The highest BCUT2D eigenvalue weighted by Crippen LogP contribution is 2.41. The van der Waals surface area contributed by atoms with Gasteiger partial charge in [-0.25, -0.2) is 9.97 Å². The smallest absolute Gasteiger partial charge is 0.322 e. The van der Waals surface area contributed by atoms with Gasteiger partial charge in [0, 0.05) is 53.1 Å². The molecule has 5 rings (SSSR count). The lowest BCUT2D eigenvalue weighted by atomic mass is 10.1. The van der Waals surface area contributed by atoms with Gasteiger partial charge in [-0.3, -0.25) is 24.0 Å². The van der Waals surface area contributed by atoms with Crippen LogP contribution < -0.4 is 31.7 Å². The van der Waals surface area contributed by atoms with Gasteiger partial charge in [0.1, 0.15) is 23.5 Å². The molecular formula is C32H36N8O10S2. The molecule has 276 valence electrons. The number of pyridine rings is 1. The summed E-state index contributed by atoms with van der Waals surface area (Å²) in [6.07, 6.45) is 1.04. The molecule has 0 saturated carbocycles. The Morgan fingerprint density at radius 2 is 1.98 bits per heavy atom. The molecule has 18 nitrogen and oxygen atoms in total. The van der Waals surface area contributed by atoms with Gasteiger partial charge in [-0.2, -0.15) is 4.98 Å². The van der Waals surface area contributed by atoms with Crippen LogP contribution in [0.3, 0.4) is 0 Å². The van der Waals surface area contributed by atoms with Crippen molar-refractivity contribution < 1.29 is 48.8 Å². The molecule has 3 aromatic heterocycles. The van der Waals surface area contributed by atoms with Gasteiger partial charge in [-0.15, -0.1) is 11.3 Å². The number of aliphatic carboxylic acids is 2. The van der Waals surface area contributed by atoms with Crippen molar-refractivity contribution in [1.29, 1.82) is 0 Å². The van der Waals surface area contributed by atoms with Gasteiger partial charge in [0.05, 0.1) is 36.0 Å². The molecule has 1 aliphatic heterocycles. The van der Waals surface area contributed by atoms with Crippen molar-refractivity contribution in [3.63, 3.8) is 0 Å². The van der Waals surface area contributed by atoms with Crippen molar-refractivity contribution in [2.24, 2.45) is 5.73 Å². The number of carbonyl (C=O) groups excluding carboxylic acids is 3. The largest absolute Gasteiger partial charge is 0.480 e. The number of nitrogens with zero attached hydrogens (tertiary/aromatic N) is 3. The molecule has 3 atom stereocenters. The number of rotatable bonds is 17. The normalized spacial score (nSPS) is 15.1. The first-order chi connectivity index (χ1) is 25.0. The van der Waals surface area contributed by atoms with Crippen LogP contribution in [0, 0.1) is 0 Å². The molecule has 4 aromatic rings. The van der Waals surface area contributed by atoms with E-state index >= 15 is 0 Å². The van der Waals surface area contributed by atoms with Crippen molar-refractivity contribution in [2.75, 3.05) is 37.4 Å². The van der Waals surface area contributed by atoms with Gasteiger partial charge >= 0.3 is 11.9 Å². The molecule has 0 fully saturated rings. The number of hydrogen-bond donors (Lipinski definition) is 8. The second-order valence-corrected chi connectivity index (χ2v) is 13.5. The summed E-state index contributed by atoms with van der Waals surface area (Å²) < 4.78 is 12.6. The van der Waals surface area contributed by atoms with E-state index in [1.165, 1.54) is 17.5 Å². The summed E-state index contributed by atoms with van der Waals surface area (Å²) in [7, 11) is 0. The molecule has 0 saturated heterocycles. The summed E-state index contributed by atoms with van der Waals surface area (Å²) >= 11 is 2.32. The number of amides is 3. The average molecular weight is 757 g/mol. The minimum absolute atomic E-state index is 0.114. The zero-order valence-electron chi connectivity index (χ0n) is 27.7. The number of nitrogens with one attached hydrogen (secondary N) is 4. The first-order valence-electron chi connectivity index (χ1n) is 16.0. The summed E-state index contributed by atoms with van der Waals surface area (Å²) in [4.78, 5) is 74.3. The highest BCUT2D eigenvalue weighted by Gasteiger charge is 2.27. The van der Waals surface area contributed by atoms with Crippen LogP contribution in [0.2, 0.25) is 0 Å². The fraction of sp³-hybridized carbons (Fsp3) is 0.375. The Morgan fingerprint density at radius 3 is 2.71 bits per heavy atom. The number of anilines is 1. The Labute approximate surface area is 303 Å². The maximum Gasteiger partial charge on any atom is 0.322 e. The number of hydrogen-bond acceptors (Lipinski definition) is 15. The fourth-order valence-electron chi connectivity index (χ4n) is 5.05. The van der Waals surface area contributed by atoms with E-state index in [-0.39, 0.29) is 54.6 Å². The summed E-state index contributed by atoms with van der Waals surface area (Å²) in [6.45, 7) is 1.81. The second-order valence-electron chi connectivity index (χ2n) is 11.4. The lowest BCUT2D eigenvalue weighted by Gasteiger charge is -2.18. The van der Waals surface area contributed by atoms with Crippen molar-refractivity contribution in [3.05, 3.63) is 40.9 Å². The van der Waals surface area contributed by atoms with Crippen molar-refractivity contribution >= 4 is 79.4 Å². The van der Waals surface area contributed by atoms with Crippen LogP contribution in [0.15, 0.2) is 35.6 Å². The predicted molar refractivity (Wildman–Crippen MR) is 190 cm³/mol. The zero-order chi connectivity index (χ0) is 37.4. The molecule has 52 heavy (non-hydrogen) atoms. The van der Waals surface area contributed by atoms with Crippen LogP contribution in [-0.4, -0.2) is 110 Å². The van der Waals surface area contributed by atoms with Crippen LogP contribution in [-0.2, 0) is 30.5 Å². The first-order valence-corrected chi connectivity index (χ1v) is 17.8. The lowest BCUT2D eigenvalue weighted by Crippen LogP contribution is -2.49.